The van der Waals surface area contributed by atoms with Crippen molar-refractivity contribution in [2.45, 2.75) is 51.0 Å². The van der Waals surface area contributed by atoms with Crippen molar-refractivity contribution in [2.75, 3.05) is 34.5 Å². The van der Waals surface area contributed by atoms with Crippen molar-refractivity contribution in [3.63, 3.8) is 0 Å². The standard InChI is InChI=1S/C25H31NO7/c1-14-22(25(28)33-13-15-7-6-10-32-15)23(24-17(26-14)8-5-9-18(24)27)16-11-20(30-3)21(31-4)12-19(16)29-2/h11-12,15,23,26H,5-10,13H2,1-4H3. The third-order valence-electron chi connectivity index (χ3n) is 6.47. The molecule has 2 heterocycles. The van der Waals surface area contributed by atoms with Crippen LogP contribution in [0.4, 0.5) is 0 Å². The predicted molar refractivity (Wildman–Crippen MR) is 120 cm³/mol. The Morgan fingerprint density at radius 3 is 2.45 bits per heavy atom. The van der Waals surface area contributed by atoms with E-state index in [1.165, 1.54) is 0 Å². The number of carbonyl (C=O) groups is 2. The number of ketones is 1. The number of esters is 1. The van der Waals surface area contributed by atoms with Gasteiger partial charge in [-0.3, -0.25) is 4.79 Å². The van der Waals surface area contributed by atoms with Gasteiger partial charge in [0.1, 0.15) is 12.4 Å². The first-order valence-corrected chi connectivity index (χ1v) is 11.3. The number of nitrogens with one attached hydrogen (secondary N) is 1. The van der Waals surface area contributed by atoms with Crippen LogP contribution in [0.15, 0.2) is 34.7 Å². The van der Waals surface area contributed by atoms with Crippen LogP contribution in [-0.4, -0.2) is 52.4 Å². The Kier molecular flexibility index (Phi) is 6.93. The zero-order chi connectivity index (χ0) is 23.5. The van der Waals surface area contributed by atoms with Crippen molar-refractivity contribution in [1.82, 2.24) is 5.32 Å². The second-order valence-corrected chi connectivity index (χ2v) is 8.45. The highest BCUT2D eigenvalue weighted by Gasteiger charge is 2.41. The van der Waals surface area contributed by atoms with Gasteiger partial charge in [0.2, 0.25) is 0 Å². The summed E-state index contributed by atoms with van der Waals surface area (Å²) in [5, 5.41) is 3.31. The van der Waals surface area contributed by atoms with E-state index in [0.29, 0.717) is 52.7 Å². The highest BCUT2D eigenvalue weighted by Crippen LogP contribution is 2.48. The summed E-state index contributed by atoms with van der Waals surface area (Å²) in [7, 11) is 4.64. The molecule has 1 aromatic carbocycles. The van der Waals surface area contributed by atoms with Crippen LogP contribution in [0.2, 0.25) is 0 Å². The number of hydrogen-bond acceptors (Lipinski definition) is 8. The molecule has 178 valence electrons. The van der Waals surface area contributed by atoms with Crippen LogP contribution >= 0.6 is 0 Å². The molecule has 8 heteroatoms. The normalized spacial score (nSPS) is 22.6. The lowest BCUT2D eigenvalue weighted by Crippen LogP contribution is -2.35. The zero-order valence-corrected chi connectivity index (χ0v) is 19.6. The van der Waals surface area contributed by atoms with E-state index in [4.69, 9.17) is 23.7 Å². The van der Waals surface area contributed by atoms with Crippen molar-refractivity contribution in [3.8, 4) is 17.2 Å². The van der Waals surface area contributed by atoms with E-state index in [0.717, 1.165) is 31.4 Å². The molecule has 2 aliphatic heterocycles. The Morgan fingerprint density at radius 2 is 1.79 bits per heavy atom. The Hall–Kier alpha value is -3.00. The molecule has 0 aromatic heterocycles. The van der Waals surface area contributed by atoms with Crippen molar-refractivity contribution in [1.29, 1.82) is 0 Å². The lowest BCUT2D eigenvalue weighted by molar-refractivity contribution is -0.142. The second kappa shape index (κ2) is 9.87. The van der Waals surface area contributed by atoms with Crippen LogP contribution < -0.4 is 19.5 Å². The van der Waals surface area contributed by atoms with Crippen molar-refractivity contribution >= 4 is 11.8 Å². The monoisotopic (exact) mass is 457 g/mol. The lowest BCUT2D eigenvalue weighted by atomic mass is 9.75. The maximum Gasteiger partial charge on any atom is 0.336 e. The van der Waals surface area contributed by atoms with E-state index in [1.54, 1.807) is 33.5 Å². The molecule has 0 spiro atoms. The second-order valence-electron chi connectivity index (χ2n) is 8.45. The summed E-state index contributed by atoms with van der Waals surface area (Å²) in [6, 6.07) is 3.50. The topological polar surface area (TPSA) is 92.3 Å². The van der Waals surface area contributed by atoms with Gasteiger partial charge in [0.05, 0.1) is 38.9 Å². The van der Waals surface area contributed by atoms with Crippen LogP contribution in [-0.2, 0) is 19.1 Å². The molecule has 0 saturated carbocycles. The molecule has 1 fully saturated rings. The molecule has 1 aliphatic carbocycles. The van der Waals surface area contributed by atoms with Crippen LogP contribution in [0.3, 0.4) is 0 Å². The highest BCUT2D eigenvalue weighted by molar-refractivity contribution is 6.04. The van der Waals surface area contributed by atoms with Gasteiger partial charge in [0.25, 0.3) is 0 Å². The van der Waals surface area contributed by atoms with Gasteiger partial charge >= 0.3 is 5.97 Å². The molecule has 2 unspecified atom stereocenters. The third-order valence-corrected chi connectivity index (χ3v) is 6.47. The van der Waals surface area contributed by atoms with Crippen molar-refractivity contribution in [3.05, 3.63) is 40.2 Å². The fourth-order valence-corrected chi connectivity index (χ4v) is 4.87. The number of hydrogen-bond donors (Lipinski definition) is 1. The first-order chi connectivity index (χ1) is 16.0. The molecule has 4 rings (SSSR count). The largest absolute Gasteiger partial charge is 0.496 e. The Balaban J connectivity index is 1.80. The highest BCUT2D eigenvalue weighted by atomic mass is 16.6. The number of ether oxygens (including phenoxy) is 5. The first kappa shape index (κ1) is 23.2. The van der Waals surface area contributed by atoms with Gasteiger partial charge in [-0.25, -0.2) is 4.79 Å². The molecule has 0 bridgehead atoms. The van der Waals surface area contributed by atoms with Gasteiger partial charge in [0, 0.05) is 41.6 Å². The Labute approximate surface area is 193 Å². The summed E-state index contributed by atoms with van der Waals surface area (Å²) in [4.78, 5) is 26.5. The minimum Gasteiger partial charge on any atom is -0.496 e. The maximum atomic E-state index is 13.4. The zero-order valence-electron chi connectivity index (χ0n) is 19.6. The summed E-state index contributed by atoms with van der Waals surface area (Å²) in [6.07, 6.45) is 3.68. The average Bonchev–Trinajstić information content (AvgIpc) is 3.34. The molecule has 8 nitrogen and oxygen atoms in total. The number of carbonyl (C=O) groups excluding carboxylic acids is 2. The van der Waals surface area contributed by atoms with Gasteiger partial charge < -0.3 is 29.0 Å². The molecular formula is C25H31NO7. The lowest BCUT2D eigenvalue weighted by Gasteiger charge is -2.35. The van der Waals surface area contributed by atoms with Crippen LogP contribution in [0, 0.1) is 0 Å². The smallest absolute Gasteiger partial charge is 0.336 e. The average molecular weight is 458 g/mol. The van der Waals surface area contributed by atoms with Gasteiger partial charge in [-0.05, 0) is 38.7 Å². The van der Waals surface area contributed by atoms with Crippen molar-refractivity contribution < 1.29 is 33.3 Å². The number of benzene rings is 1. The molecule has 2 atom stereocenters. The molecule has 1 N–H and O–H groups in total. The fourth-order valence-electron chi connectivity index (χ4n) is 4.87. The molecule has 0 radical (unpaired) electrons. The number of allylic oxidation sites excluding steroid dienone is 3. The molecule has 3 aliphatic rings. The van der Waals surface area contributed by atoms with Gasteiger partial charge in [-0.1, -0.05) is 0 Å². The number of rotatable bonds is 7. The van der Waals surface area contributed by atoms with Crippen LogP contribution in [0.25, 0.3) is 0 Å². The Bertz CT molecular complexity index is 1000. The number of Topliss-reactive ketones (excluding diaryl/α,β-unsaturated/α-hetero) is 1. The minimum atomic E-state index is -0.638. The van der Waals surface area contributed by atoms with Crippen molar-refractivity contribution in [2.24, 2.45) is 0 Å². The summed E-state index contributed by atoms with van der Waals surface area (Å²) in [5.41, 5.74) is 3.15. The summed E-state index contributed by atoms with van der Waals surface area (Å²) in [5.74, 6) is 0.397. The van der Waals surface area contributed by atoms with Crippen LogP contribution in [0.1, 0.15) is 50.5 Å². The molecule has 33 heavy (non-hydrogen) atoms. The summed E-state index contributed by atoms with van der Waals surface area (Å²) in [6.45, 7) is 2.71. The first-order valence-electron chi connectivity index (χ1n) is 11.3. The van der Waals surface area contributed by atoms with E-state index >= 15 is 0 Å². The molecule has 1 aromatic rings. The fraction of sp³-hybridized carbons (Fsp3) is 0.520. The molecule has 1 saturated heterocycles. The van der Waals surface area contributed by atoms with E-state index in [9.17, 15) is 9.59 Å². The molecular weight excluding hydrogens is 426 g/mol. The minimum absolute atomic E-state index is 0.0162. The third kappa shape index (κ3) is 4.44. The Morgan fingerprint density at radius 1 is 1.06 bits per heavy atom. The van der Waals surface area contributed by atoms with Gasteiger partial charge in [-0.2, -0.15) is 0 Å². The number of methoxy groups -OCH3 is 3. The molecule has 0 amide bonds. The summed E-state index contributed by atoms with van der Waals surface area (Å²) < 4.78 is 27.9. The van der Waals surface area contributed by atoms with E-state index in [2.05, 4.69) is 5.32 Å². The van der Waals surface area contributed by atoms with E-state index < -0.39 is 11.9 Å². The van der Waals surface area contributed by atoms with Gasteiger partial charge in [-0.15, -0.1) is 0 Å². The SMILES string of the molecule is COc1cc(OC)c(C2C(C(=O)OCC3CCCO3)=C(C)NC3=C2C(=O)CCC3)cc1OC. The van der Waals surface area contributed by atoms with Gasteiger partial charge in [0.15, 0.2) is 17.3 Å². The van der Waals surface area contributed by atoms with E-state index in [1.807, 2.05) is 6.92 Å². The van der Waals surface area contributed by atoms with E-state index in [-0.39, 0.29) is 18.5 Å². The predicted octanol–water partition coefficient (Wildman–Crippen LogP) is 3.40. The maximum absolute atomic E-state index is 13.4. The quantitative estimate of drug-likeness (QED) is 0.623. The number of dihydropyridines is 1. The van der Waals surface area contributed by atoms with Crippen LogP contribution in [0.5, 0.6) is 17.2 Å². The summed E-state index contributed by atoms with van der Waals surface area (Å²) >= 11 is 0.